The number of fused-ring (bicyclic) bond motifs is 8. The Bertz CT molecular complexity index is 2730. The van der Waals surface area contributed by atoms with Crippen LogP contribution in [0.5, 0.6) is 0 Å². The average molecular weight is 978 g/mol. The van der Waals surface area contributed by atoms with Gasteiger partial charge in [0.05, 0.1) is 40.5 Å². The summed E-state index contributed by atoms with van der Waals surface area (Å²) in [5, 5.41) is 8.07. The van der Waals surface area contributed by atoms with Crippen LogP contribution in [0.2, 0.25) is 0 Å². The largest absolute Gasteiger partial charge is 0.464 e. The Labute approximate surface area is 406 Å². The van der Waals surface area contributed by atoms with Crippen molar-refractivity contribution < 1.29 is 39.9 Å². The number of likely N-dealkylation sites (tertiary alicyclic amines) is 1. The van der Waals surface area contributed by atoms with Crippen molar-refractivity contribution in [3.63, 3.8) is 0 Å². The summed E-state index contributed by atoms with van der Waals surface area (Å²) in [5.74, 6) is -2.06. The van der Waals surface area contributed by atoms with Crippen molar-refractivity contribution in [2.45, 2.75) is 123 Å². The lowest BCUT2D eigenvalue weighted by atomic mass is 9.67. The summed E-state index contributed by atoms with van der Waals surface area (Å²) >= 11 is 1.40. The van der Waals surface area contributed by atoms with Crippen LogP contribution in [0.3, 0.4) is 0 Å². The minimum atomic E-state index is -3.46. The van der Waals surface area contributed by atoms with Gasteiger partial charge in [-0.15, -0.1) is 11.3 Å². The number of ether oxygens (including phenoxy) is 2. The molecule has 1 aromatic carbocycles. The monoisotopic (exact) mass is 977 g/mol. The molecule has 2 unspecified atom stereocenters. The van der Waals surface area contributed by atoms with Crippen LogP contribution in [-0.4, -0.2) is 143 Å². The molecule has 6 atom stereocenters. The van der Waals surface area contributed by atoms with Gasteiger partial charge in [-0.05, 0) is 74.8 Å². The molecule has 19 heteroatoms. The third kappa shape index (κ3) is 8.59. The molecule has 1 aliphatic carbocycles. The molecular weight excluding hydrogens is 907 g/mol. The first-order chi connectivity index (χ1) is 31.9. The van der Waals surface area contributed by atoms with E-state index in [1.807, 2.05) is 25.3 Å². The van der Waals surface area contributed by atoms with E-state index in [-0.39, 0.29) is 47.7 Å². The molecule has 3 saturated heterocycles. The first kappa shape index (κ1) is 49.5. The van der Waals surface area contributed by atoms with E-state index in [4.69, 9.17) is 19.4 Å². The summed E-state index contributed by atoms with van der Waals surface area (Å²) in [6.07, 6.45) is 5.52. The first-order valence-electron chi connectivity index (χ1n) is 23.5. The van der Waals surface area contributed by atoms with Gasteiger partial charge >= 0.3 is 12.0 Å². The highest BCUT2D eigenvalue weighted by Crippen LogP contribution is 2.57. The summed E-state index contributed by atoms with van der Waals surface area (Å²) in [5.41, 5.74) is 8.51. The Morgan fingerprint density at radius 1 is 1.13 bits per heavy atom. The highest BCUT2D eigenvalue weighted by Gasteiger charge is 2.53. The molecule has 6 bridgehead atoms. The van der Waals surface area contributed by atoms with E-state index in [9.17, 15) is 27.6 Å². The number of cyclic esters (lactones) is 1. The first-order valence-corrected chi connectivity index (χ1v) is 26.2. The van der Waals surface area contributed by atoms with Gasteiger partial charge in [-0.3, -0.25) is 24.4 Å². The number of amides is 4. The molecule has 1 spiro atoms. The molecule has 7 heterocycles. The van der Waals surface area contributed by atoms with E-state index in [0.29, 0.717) is 63.3 Å². The van der Waals surface area contributed by atoms with Gasteiger partial charge < -0.3 is 29.2 Å². The Morgan fingerprint density at radius 3 is 2.60 bits per heavy atom. The molecule has 3 fully saturated rings. The molecule has 3 aromatic heterocycles. The summed E-state index contributed by atoms with van der Waals surface area (Å²) in [6, 6.07) is 7.14. The molecule has 9 rings (SSSR count). The second-order valence-electron chi connectivity index (χ2n) is 20.0. The smallest absolute Gasteiger partial charge is 0.324 e. The number of likely N-dealkylation sites (N-methyl/N-ethyl adjacent to an activating group) is 1. The van der Waals surface area contributed by atoms with Crippen molar-refractivity contribution >= 4 is 56.1 Å². The fourth-order valence-electron chi connectivity index (χ4n) is 11.4. The van der Waals surface area contributed by atoms with E-state index in [1.165, 1.54) is 31.8 Å². The topological polar surface area (TPSA) is 189 Å². The van der Waals surface area contributed by atoms with E-state index in [0.717, 1.165) is 44.7 Å². The molecule has 2 N–H and O–H groups in total. The lowest BCUT2D eigenvalue weighted by Crippen LogP contribution is -2.71. The number of pyridine rings is 1. The molecule has 4 aliphatic heterocycles. The van der Waals surface area contributed by atoms with E-state index >= 15 is 0 Å². The molecule has 0 radical (unpaired) electrons. The van der Waals surface area contributed by atoms with Gasteiger partial charge in [0.2, 0.25) is 15.9 Å². The van der Waals surface area contributed by atoms with Crippen LogP contribution < -0.4 is 10.7 Å². The number of nitrogens with one attached hydrogen (secondary N) is 2. The van der Waals surface area contributed by atoms with Gasteiger partial charge in [-0.1, -0.05) is 41.2 Å². The lowest BCUT2D eigenvalue weighted by Gasteiger charge is -2.57. The van der Waals surface area contributed by atoms with Crippen LogP contribution in [0.1, 0.15) is 105 Å². The number of benzene rings is 1. The van der Waals surface area contributed by atoms with Gasteiger partial charge in [0.1, 0.15) is 24.2 Å². The van der Waals surface area contributed by atoms with Crippen molar-refractivity contribution in [3.8, 4) is 22.5 Å². The number of hydrogen-bond donors (Lipinski definition) is 2. The average Bonchev–Trinajstić information content (AvgIpc) is 3.91. The number of rotatable bonds is 7. The molecular formula is C49H71N9O8S2. The summed E-state index contributed by atoms with van der Waals surface area (Å²) < 4.78 is 41.4. The Morgan fingerprint density at radius 2 is 1.91 bits per heavy atom. The number of aryl methyl sites for hydroxylation is 1. The Hall–Kier alpha value is -4.95. The number of aromatic nitrogens is 3. The van der Waals surface area contributed by atoms with Gasteiger partial charge in [-0.25, -0.2) is 23.6 Å². The minimum absolute atomic E-state index is 0. The van der Waals surface area contributed by atoms with Crippen molar-refractivity contribution in [2.75, 3.05) is 53.2 Å². The van der Waals surface area contributed by atoms with Crippen LogP contribution in [-0.2, 0) is 46.8 Å². The van der Waals surface area contributed by atoms with Crippen LogP contribution in [0.25, 0.3) is 33.4 Å². The number of esters is 1. The van der Waals surface area contributed by atoms with Crippen molar-refractivity contribution in [3.05, 3.63) is 58.2 Å². The van der Waals surface area contributed by atoms with Gasteiger partial charge in [0.15, 0.2) is 0 Å². The van der Waals surface area contributed by atoms with E-state index < -0.39 is 63.0 Å². The number of sulfonamides is 1. The zero-order valence-electron chi connectivity index (χ0n) is 39.7. The van der Waals surface area contributed by atoms with Crippen LogP contribution in [0.4, 0.5) is 4.79 Å². The number of urea groups is 1. The maximum Gasteiger partial charge on any atom is 0.324 e. The molecule has 68 heavy (non-hydrogen) atoms. The normalized spacial score (nSPS) is 25.5. The standard InChI is InChI=1S/C48H63N9O8S2.CH4.2H2/c1-9-55-35-16-15-29-23-31(35)37-38(42(64-7)39-30(41(37)55)13-10-19-49-39)47(4,5)27-65-45(60)32-14-11-21-57(52-32)44(59)33(24-36-50-34(29)25-66-36)51-43(58)40(28(2)3)53(6)46(61)56-22-18-48(56)17-12-20-54(26-48)67(8,62)63;;;/h10,13,15-16,19,23,25,28,32-33,38,40,42,52H,9,11-12,14,17-18,20-22,24,26-27H2,1-8H3,(H,51,58);1H4;2*1H/t32-,33-,38?,40-,42-,48?;;;/m0.../s1. The number of nitrogens with zero attached hydrogens (tertiary/aromatic N) is 7. The summed E-state index contributed by atoms with van der Waals surface area (Å²) in [4.78, 5) is 70.9. The fourth-order valence-corrected chi connectivity index (χ4v) is 13.2. The molecule has 17 nitrogen and oxygen atoms in total. The molecule has 4 amide bonds. The lowest BCUT2D eigenvalue weighted by molar-refractivity contribution is -0.156. The molecule has 0 saturated carbocycles. The van der Waals surface area contributed by atoms with Gasteiger partial charge in [-0.2, -0.15) is 4.31 Å². The predicted molar refractivity (Wildman–Crippen MR) is 265 cm³/mol. The van der Waals surface area contributed by atoms with Crippen molar-refractivity contribution in [1.82, 2.24) is 44.4 Å². The van der Waals surface area contributed by atoms with Gasteiger partial charge in [0, 0.05) is 101 Å². The molecule has 5 aliphatic rings. The number of thiazole rings is 1. The number of hydrazine groups is 1. The van der Waals surface area contributed by atoms with E-state index in [2.05, 4.69) is 60.3 Å². The highest BCUT2D eigenvalue weighted by atomic mass is 32.2. The second-order valence-corrected chi connectivity index (χ2v) is 22.9. The third-order valence-electron chi connectivity index (χ3n) is 14.9. The Kier molecular flexibility index (Phi) is 13.6. The number of carbonyl (C=O) groups excluding carboxylic acids is 4. The summed E-state index contributed by atoms with van der Waals surface area (Å²) in [7, 11) is -0.162. The van der Waals surface area contributed by atoms with E-state index in [1.54, 1.807) is 25.3 Å². The maximum atomic E-state index is 14.8. The molecule has 4 aromatic rings. The number of methoxy groups -OCH3 is 1. The zero-order chi connectivity index (χ0) is 47.7. The third-order valence-corrected chi connectivity index (χ3v) is 17.0. The van der Waals surface area contributed by atoms with Gasteiger partial charge in [0.25, 0.3) is 5.91 Å². The number of piperidine rings is 1. The van der Waals surface area contributed by atoms with Crippen molar-refractivity contribution in [1.29, 1.82) is 0 Å². The van der Waals surface area contributed by atoms with Crippen LogP contribution >= 0.6 is 11.3 Å². The molecule has 372 valence electrons. The van der Waals surface area contributed by atoms with Crippen LogP contribution in [0.15, 0.2) is 41.9 Å². The fraction of sp³-hybridized carbons (Fsp3) is 0.592. The number of carbonyl (C=O) groups is 4. The predicted octanol–water partition coefficient (Wildman–Crippen LogP) is 6.44. The maximum absolute atomic E-state index is 14.8. The van der Waals surface area contributed by atoms with Crippen LogP contribution in [0, 0.1) is 11.3 Å². The quantitative estimate of drug-likeness (QED) is 0.194. The highest BCUT2D eigenvalue weighted by molar-refractivity contribution is 7.88. The van der Waals surface area contributed by atoms with Crippen molar-refractivity contribution in [2.24, 2.45) is 11.3 Å². The summed E-state index contributed by atoms with van der Waals surface area (Å²) in [6.45, 7) is 12.2. The Balaban J connectivity index is 0.00000268. The number of hydrogen-bond acceptors (Lipinski definition) is 12. The second kappa shape index (κ2) is 18.8. The minimum Gasteiger partial charge on any atom is -0.464 e. The zero-order valence-corrected chi connectivity index (χ0v) is 41.3. The SMILES string of the molecule is C.CCn1c2c3c4cc(ccc41)-c1csc(n1)C[C@H](NC(=O)[C@H](C(C)C)N(C)C(=O)N1CCC14CCCN(S(C)(=O)=O)C4)C(=O)N1CCC[C@H](N1)C(=O)OCC(C)(C)C3[C@H](OC)c1ncccc1-2.[HH].[HH].